The lowest BCUT2D eigenvalue weighted by Gasteiger charge is -1.95. The molecule has 0 fully saturated rings. The Hall–Kier alpha value is -0.740. The van der Waals surface area contributed by atoms with Crippen LogP contribution in [0.15, 0.2) is 12.5 Å². The number of hydrogen-bond acceptors (Lipinski definition) is 3. The van der Waals surface area contributed by atoms with Gasteiger partial charge in [0.25, 0.3) is 0 Å². The van der Waals surface area contributed by atoms with Crippen molar-refractivity contribution in [1.82, 2.24) is 10.8 Å². The monoisotopic (exact) mass is 87.0 g/mol. The summed E-state index contributed by atoms with van der Waals surface area (Å²) < 4.78 is 0. The SMILES string of the molecule is [O]N1C=CON1. The van der Waals surface area contributed by atoms with Gasteiger partial charge in [-0.15, -0.1) is 5.17 Å². The molecular formula is C2H3N2O2. The van der Waals surface area contributed by atoms with Gasteiger partial charge in [0, 0.05) is 0 Å². The molecule has 0 aliphatic carbocycles. The lowest BCUT2D eigenvalue weighted by Crippen LogP contribution is -2.21. The average molecular weight is 87.1 g/mol. The fraction of sp³-hybridized carbons (Fsp3) is 0. The molecule has 1 rings (SSSR count). The van der Waals surface area contributed by atoms with E-state index in [2.05, 4.69) is 4.84 Å². The Bertz CT molecular complexity index is 71.9. The molecule has 0 spiro atoms. The molecule has 0 amide bonds. The Labute approximate surface area is 34.5 Å². The summed E-state index contributed by atoms with van der Waals surface area (Å²) in [5, 5.41) is 10.3. The van der Waals surface area contributed by atoms with Crippen molar-refractivity contribution in [3.8, 4) is 0 Å². The van der Waals surface area contributed by atoms with Gasteiger partial charge in [0.1, 0.15) is 6.26 Å². The number of hydrogen-bond donors (Lipinski definition) is 1. The van der Waals surface area contributed by atoms with Crippen LogP contribution in [0.5, 0.6) is 0 Å². The summed E-state index contributed by atoms with van der Waals surface area (Å²) >= 11 is 0. The van der Waals surface area contributed by atoms with Gasteiger partial charge in [-0.2, -0.15) is 0 Å². The summed E-state index contributed by atoms with van der Waals surface area (Å²) in [5.41, 5.74) is 1.99. The molecule has 33 valence electrons. The van der Waals surface area contributed by atoms with E-state index < -0.39 is 0 Å². The van der Waals surface area contributed by atoms with Crippen LogP contribution in [-0.4, -0.2) is 5.17 Å². The summed E-state index contributed by atoms with van der Waals surface area (Å²) in [5.74, 6) is 0. The molecule has 1 N–H and O–H groups in total. The predicted molar refractivity (Wildman–Crippen MR) is 15.9 cm³/mol. The topological polar surface area (TPSA) is 44.4 Å². The molecule has 1 radical (unpaired) electrons. The molecule has 0 unspecified atom stereocenters. The van der Waals surface area contributed by atoms with Crippen molar-refractivity contribution in [2.45, 2.75) is 0 Å². The number of nitrogens with one attached hydrogen (secondary N) is 1. The molecule has 1 aliphatic rings. The third-order valence-corrected chi connectivity index (χ3v) is 0.407. The van der Waals surface area contributed by atoms with Crippen LogP contribution in [0, 0.1) is 0 Å². The van der Waals surface area contributed by atoms with Crippen LogP contribution < -0.4 is 5.59 Å². The predicted octanol–water partition coefficient (Wildman–Crippen LogP) is -0.445. The van der Waals surface area contributed by atoms with Crippen molar-refractivity contribution in [2.24, 2.45) is 0 Å². The molecule has 0 saturated carbocycles. The smallest absolute Gasteiger partial charge is 0.134 e. The zero-order valence-corrected chi connectivity index (χ0v) is 2.92. The highest BCUT2D eigenvalue weighted by molar-refractivity contribution is 4.68. The zero-order valence-electron chi connectivity index (χ0n) is 2.92. The van der Waals surface area contributed by atoms with Crippen LogP contribution in [0.25, 0.3) is 0 Å². The van der Waals surface area contributed by atoms with Gasteiger partial charge in [0.15, 0.2) is 0 Å². The molecule has 0 saturated heterocycles. The second-order valence-electron chi connectivity index (χ2n) is 0.820. The first kappa shape index (κ1) is 3.45. The third kappa shape index (κ3) is 0.425. The molecule has 0 aromatic heterocycles. The highest BCUT2D eigenvalue weighted by Gasteiger charge is 1.96. The molecule has 0 atom stereocenters. The van der Waals surface area contributed by atoms with Crippen LogP contribution in [-0.2, 0) is 10.0 Å². The number of nitrogens with zero attached hydrogens (tertiary/aromatic N) is 1. The quantitative estimate of drug-likeness (QED) is 0.435. The molecule has 0 aromatic rings. The van der Waals surface area contributed by atoms with Gasteiger partial charge in [-0.25, -0.2) is 0 Å². The molecule has 6 heavy (non-hydrogen) atoms. The zero-order chi connectivity index (χ0) is 4.41. The third-order valence-electron chi connectivity index (χ3n) is 0.407. The normalized spacial score (nSPS) is 18.5. The highest BCUT2D eigenvalue weighted by atomic mass is 16.8. The standard InChI is InChI=1S/C2H3N2O2/c5-4-1-2-6-3-4/h1-3H. The summed E-state index contributed by atoms with van der Waals surface area (Å²) in [6.07, 6.45) is 2.48. The maximum atomic E-state index is 9.84. The highest BCUT2D eigenvalue weighted by Crippen LogP contribution is 1.86. The van der Waals surface area contributed by atoms with Crippen LogP contribution in [0.4, 0.5) is 0 Å². The van der Waals surface area contributed by atoms with Gasteiger partial charge in [-0.1, -0.05) is 5.21 Å². The van der Waals surface area contributed by atoms with Gasteiger partial charge < -0.3 is 4.84 Å². The van der Waals surface area contributed by atoms with E-state index in [0.29, 0.717) is 5.17 Å². The Balaban J connectivity index is 2.38. The first-order valence-corrected chi connectivity index (χ1v) is 1.44. The minimum absolute atomic E-state index is 0.458. The molecule has 1 aliphatic heterocycles. The maximum Gasteiger partial charge on any atom is 0.134 e. The lowest BCUT2D eigenvalue weighted by atomic mass is 11.0. The van der Waals surface area contributed by atoms with Crippen molar-refractivity contribution in [1.29, 1.82) is 0 Å². The number of rotatable bonds is 0. The second-order valence-corrected chi connectivity index (χ2v) is 0.820. The van der Waals surface area contributed by atoms with Gasteiger partial charge in [0.05, 0.1) is 6.20 Å². The minimum atomic E-state index is 0.458. The van der Waals surface area contributed by atoms with Crippen LogP contribution in [0.3, 0.4) is 0 Å². The molecule has 4 nitrogen and oxygen atoms in total. The summed E-state index contributed by atoms with van der Waals surface area (Å²) in [6.45, 7) is 0. The Morgan fingerprint density at radius 1 is 1.83 bits per heavy atom. The van der Waals surface area contributed by atoms with E-state index in [0.717, 1.165) is 0 Å². The number of hydroxylamine groups is 1. The van der Waals surface area contributed by atoms with Gasteiger partial charge in [-0.3, -0.25) is 0 Å². The van der Waals surface area contributed by atoms with Crippen molar-refractivity contribution >= 4 is 0 Å². The van der Waals surface area contributed by atoms with Crippen molar-refractivity contribution in [3.63, 3.8) is 0 Å². The Kier molecular flexibility index (Phi) is 0.664. The summed E-state index contributed by atoms with van der Waals surface area (Å²) in [7, 11) is 0. The van der Waals surface area contributed by atoms with Crippen LogP contribution in [0.1, 0.15) is 0 Å². The van der Waals surface area contributed by atoms with Crippen LogP contribution in [0.2, 0.25) is 0 Å². The fourth-order valence-corrected chi connectivity index (χ4v) is 0.199. The van der Waals surface area contributed by atoms with E-state index in [4.69, 9.17) is 0 Å². The molecule has 0 aromatic carbocycles. The van der Waals surface area contributed by atoms with Crippen molar-refractivity contribution < 1.29 is 10.0 Å². The average Bonchev–Trinajstić information content (AvgIpc) is 1.86. The van der Waals surface area contributed by atoms with E-state index in [1.54, 1.807) is 0 Å². The molecule has 4 heteroatoms. The van der Waals surface area contributed by atoms with Crippen LogP contribution >= 0.6 is 0 Å². The number of hydrazine groups is 1. The van der Waals surface area contributed by atoms with Gasteiger partial charge in [0.2, 0.25) is 0 Å². The van der Waals surface area contributed by atoms with E-state index in [1.807, 2.05) is 5.59 Å². The fourth-order valence-electron chi connectivity index (χ4n) is 0.199. The van der Waals surface area contributed by atoms with E-state index in [-0.39, 0.29) is 0 Å². The second kappa shape index (κ2) is 1.16. The first-order chi connectivity index (χ1) is 2.89. The van der Waals surface area contributed by atoms with Gasteiger partial charge >= 0.3 is 0 Å². The Morgan fingerprint density at radius 2 is 2.67 bits per heavy atom. The minimum Gasteiger partial charge on any atom is -0.393 e. The lowest BCUT2D eigenvalue weighted by molar-refractivity contribution is -0.206. The summed E-state index contributed by atoms with van der Waals surface area (Å²) in [6, 6.07) is 0. The van der Waals surface area contributed by atoms with E-state index >= 15 is 0 Å². The van der Waals surface area contributed by atoms with E-state index in [1.165, 1.54) is 12.5 Å². The largest absolute Gasteiger partial charge is 0.393 e. The Morgan fingerprint density at radius 3 is 2.83 bits per heavy atom. The van der Waals surface area contributed by atoms with E-state index in [9.17, 15) is 5.21 Å². The van der Waals surface area contributed by atoms with Crippen molar-refractivity contribution in [2.75, 3.05) is 0 Å². The molecule has 1 heterocycles. The molecule has 0 bridgehead atoms. The maximum absolute atomic E-state index is 9.84. The van der Waals surface area contributed by atoms with Crippen molar-refractivity contribution in [3.05, 3.63) is 12.5 Å². The molecular weight excluding hydrogens is 84.0 g/mol. The summed E-state index contributed by atoms with van der Waals surface area (Å²) in [4.78, 5) is 4.24. The van der Waals surface area contributed by atoms with Gasteiger partial charge in [-0.05, 0) is 5.59 Å². The first-order valence-electron chi connectivity index (χ1n) is 1.44.